The third-order valence-electron chi connectivity index (χ3n) is 4.50. The zero-order valence-corrected chi connectivity index (χ0v) is 12.3. The number of amides is 2. The van der Waals surface area contributed by atoms with Gasteiger partial charge in [-0.25, -0.2) is 0 Å². The van der Waals surface area contributed by atoms with Gasteiger partial charge in [-0.2, -0.15) is 0 Å². The minimum atomic E-state index is -0.0455. The summed E-state index contributed by atoms with van der Waals surface area (Å²) in [4.78, 5) is 26.2. The quantitative estimate of drug-likeness (QED) is 0.633. The fourth-order valence-electron chi connectivity index (χ4n) is 3.33. The van der Waals surface area contributed by atoms with Crippen molar-refractivity contribution >= 4 is 11.8 Å². The van der Waals surface area contributed by atoms with Crippen LogP contribution in [0.1, 0.15) is 51.4 Å². The molecule has 0 aromatic heterocycles. The molecule has 0 spiro atoms. The number of carbonyl (C=O) groups excluding carboxylic acids is 2. The van der Waals surface area contributed by atoms with Gasteiger partial charge in [0.2, 0.25) is 11.8 Å². The summed E-state index contributed by atoms with van der Waals surface area (Å²) in [6, 6.07) is 0.361. The number of likely N-dealkylation sites (tertiary alicyclic amines) is 1. The van der Waals surface area contributed by atoms with Crippen molar-refractivity contribution in [2.24, 2.45) is 5.92 Å². The molecule has 0 unspecified atom stereocenters. The molecule has 0 aromatic rings. The summed E-state index contributed by atoms with van der Waals surface area (Å²) in [7, 11) is 0. The van der Waals surface area contributed by atoms with Crippen LogP contribution >= 0.6 is 0 Å². The molecule has 2 amide bonds. The van der Waals surface area contributed by atoms with Crippen LogP contribution in [-0.2, 0) is 9.59 Å². The highest BCUT2D eigenvalue weighted by atomic mass is 16.2. The van der Waals surface area contributed by atoms with E-state index in [1.807, 2.05) is 4.90 Å². The van der Waals surface area contributed by atoms with Gasteiger partial charge in [0, 0.05) is 25.6 Å². The lowest BCUT2D eigenvalue weighted by Gasteiger charge is -2.37. The lowest BCUT2D eigenvalue weighted by atomic mass is 9.93. The molecule has 4 heteroatoms. The van der Waals surface area contributed by atoms with Gasteiger partial charge in [0.25, 0.3) is 0 Å². The third kappa shape index (κ3) is 3.84. The Bertz CT molecular complexity index is 359. The highest BCUT2D eigenvalue weighted by molar-refractivity contribution is 5.84. The van der Waals surface area contributed by atoms with E-state index in [0.717, 1.165) is 12.8 Å². The van der Waals surface area contributed by atoms with E-state index in [9.17, 15) is 9.59 Å². The number of piperidine rings is 1. The van der Waals surface area contributed by atoms with Gasteiger partial charge in [0.15, 0.2) is 0 Å². The number of nitrogens with one attached hydrogen (secondary N) is 1. The van der Waals surface area contributed by atoms with Crippen molar-refractivity contribution in [2.45, 2.75) is 57.4 Å². The van der Waals surface area contributed by atoms with Crippen LogP contribution in [0.25, 0.3) is 0 Å². The molecule has 20 heavy (non-hydrogen) atoms. The number of hydrogen-bond donors (Lipinski definition) is 1. The van der Waals surface area contributed by atoms with Crippen LogP contribution < -0.4 is 5.32 Å². The average molecular weight is 278 g/mol. The molecular weight excluding hydrogens is 252 g/mol. The molecule has 0 aromatic carbocycles. The summed E-state index contributed by atoms with van der Waals surface area (Å²) in [5.74, 6) is 0.261. The van der Waals surface area contributed by atoms with Gasteiger partial charge in [0.05, 0.1) is 5.92 Å². The number of nitrogens with zero attached hydrogens (tertiary/aromatic N) is 1. The van der Waals surface area contributed by atoms with Crippen LogP contribution in [0.3, 0.4) is 0 Å². The molecule has 1 heterocycles. The van der Waals surface area contributed by atoms with E-state index < -0.39 is 0 Å². The minimum Gasteiger partial charge on any atom is -0.352 e. The fourth-order valence-corrected chi connectivity index (χ4v) is 3.33. The molecular formula is C16H26N2O2. The second kappa shape index (κ2) is 7.46. The second-order valence-corrected chi connectivity index (χ2v) is 5.96. The number of hydrogen-bond acceptors (Lipinski definition) is 2. The van der Waals surface area contributed by atoms with Gasteiger partial charge in [-0.15, -0.1) is 6.58 Å². The normalized spacial score (nSPS) is 25.1. The summed E-state index contributed by atoms with van der Waals surface area (Å²) < 4.78 is 0. The van der Waals surface area contributed by atoms with Crippen molar-refractivity contribution < 1.29 is 9.59 Å². The smallest absolute Gasteiger partial charge is 0.225 e. The first-order chi connectivity index (χ1) is 9.72. The minimum absolute atomic E-state index is 0.0455. The van der Waals surface area contributed by atoms with Gasteiger partial charge in [0.1, 0.15) is 0 Å². The highest BCUT2D eigenvalue weighted by Crippen LogP contribution is 2.27. The van der Waals surface area contributed by atoms with Gasteiger partial charge in [-0.3, -0.25) is 9.59 Å². The van der Waals surface area contributed by atoms with E-state index >= 15 is 0 Å². The van der Waals surface area contributed by atoms with Crippen LogP contribution in [0, 0.1) is 5.92 Å². The Kier molecular flexibility index (Phi) is 5.62. The standard InChI is InChI=1S/C16H26N2O2/c1-2-11-17-16(20)13-9-10-15(19)18(12-13)14-7-5-3-4-6-8-14/h2,13-14H,1,3-12H2,(H,17,20)/t13-/m0/s1. The number of carbonyl (C=O) groups is 2. The van der Waals surface area contributed by atoms with E-state index in [4.69, 9.17) is 0 Å². The monoisotopic (exact) mass is 278 g/mol. The lowest BCUT2D eigenvalue weighted by molar-refractivity contribution is -0.141. The fraction of sp³-hybridized carbons (Fsp3) is 0.750. The molecule has 0 bridgehead atoms. The molecule has 1 N–H and O–H groups in total. The molecule has 1 saturated heterocycles. The summed E-state index contributed by atoms with van der Waals surface area (Å²) in [6.45, 7) is 4.72. The SMILES string of the molecule is C=CCNC(=O)[C@H]1CCC(=O)N(C2CCCCCC2)C1. The Morgan fingerprint density at radius 1 is 1.25 bits per heavy atom. The van der Waals surface area contributed by atoms with Crippen molar-refractivity contribution in [3.8, 4) is 0 Å². The first-order valence-electron chi connectivity index (χ1n) is 7.90. The van der Waals surface area contributed by atoms with Crippen molar-refractivity contribution in [1.82, 2.24) is 10.2 Å². The molecule has 4 nitrogen and oxygen atoms in total. The summed E-state index contributed by atoms with van der Waals surface area (Å²) in [5, 5.41) is 2.86. The lowest BCUT2D eigenvalue weighted by Crippen LogP contribution is -2.50. The molecule has 1 saturated carbocycles. The highest BCUT2D eigenvalue weighted by Gasteiger charge is 2.33. The average Bonchev–Trinajstić information content (AvgIpc) is 2.74. The van der Waals surface area contributed by atoms with Crippen molar-refractivity contribution in [3.05, 3.63) is 12.7 Å². The second-order valence-electron chi connectivity index (χ2n) is 5.96. The van der Waals surface area contributed by atoms with Gasteiger partial charge in [-0.05, 0) is 19.3 Å². The molecule has 1 atom stereocenters. The predicted octanol–water partition coefficient (Wildman–Crippen LogP) is 2.25. The van der Waals surface area contributed by atoms with E-state index in [2.05, 4.69) is 11.9 Å². The predicted molar refractivity (Wildman–Crippen MR) is 79.1 cm³/mol. The zero-order chi connectivity index (χ0) is 14.4. The summed E-state index contributed by atoms with van der Waals surface area (Å²) in [5.41, 5.74) is 0. The number of rotatable bonds is 4. The van der Waals surface area contributed by atoms with Gasteiger partial charge < -0.3 is 10.2 Å². The molecule has 112 valence electrons. The molecule has 1 aliphatic heterocycles. The van der Waals surface area contributed by atoms with Crippen LogP contribution in [0.2, 0.25) is 0 Å². The maximum atomic E-state index is 12.2. The van der Waals surface area contributed by atoms with E-state index in [-0.39, 0.29) is 17.7 Å². The Morgan fingerprint density at radius 2 is 1.95 bits per heavy atom. The maximum Gasteiger partial charge on any atom is 0.225 e. The van der Waals surface area contributed by atoms with Crippen molar-refractivity contribution in [3.63, 3.8) is 0 Å². The zero-order valence-electron chi connectivity index (χ0n) is 12.3. The maximum absolute atomic E-state index is 12.2. The molecule has 0 radical (unpaired) electrons. The Labute approximate surface area is 121 Å². The first kappa shape index (κ1) is 15.1. The Hall–Kier alpha value is -1.32. The van der Waals surface area contributed by atoms with E-state index in [0.29, 0.717) is 32.0 Å². The Morgan fingerprint density at radius 3 is 2.60 bits per heavy atom. The van der Waals surface area contributed by atoms with Crippen molar-refractivity contribution in [2.75, 3.05) is 13.1 Å². The van der Waals surface area contributed by atoms with Crippen LogP contribution in [0.4, 0.5) is 0 Å². The largest absolute Gasteiger partial charge is 0.352 e. The molecule has 2 aliphatic rings. The van der Waals surface area contributed by atoms with E-state index in [1.54, 1.807) is 6.08 Å². The molecule has 2 rings (SSSR count). The van der Waals surface area contributed by atoms with Crippen LogP contribution in [0.5, 0.6) is 0 Å². The van der Waals surface area contributed by atoms with Crippen LogP contribution in [-0.4, -0.2) is 35.8 Å². The summed E-state index contributed by atoms with van der Waals surface area (Å²) >= 11 is 0. The topological polar surface area (TPSA) is 49.4 Å². The summed E-state index contributed by atoms with van der Waals surface area (Å²) in [6.07, 6.45) is 10.1. The van der Waals surface area contributed by atoms with E-state index in [1.165, 1.54) is 25.7 Å². The molecule has 2 fully saturated rings. The van der Waals surface area contributed by atoms with Crippen LogP contribution in [0.15, 0.2) is 12.7 Å². The van der Waals surface area contributed by atoms with Gasteiger partial charge in [-0.1, -0.05) is 31.8 Å². The first-order valence-corrected chi connectivity index (χ1v) is 7.90. The Balaban J connectivity index is 1.94. The van der Waals surface area contributed by atoms with Crippen molar-refractivity contribution in [1.29, 1.82) is 0 Å². The third-order valence-corrected chi connectivity index (χ3v) is 4.50. The molecule has 1 aliphatic carbocycles. The van der Waals surface area contributed by atoms with Gasteiger partial charge >= 0.3 is 0 Å².